The Balaban J connectivity index is 2.10. The molecule has 2 aromatic carbocycles. The van der Waals surface area contributed by atoms with E-state index in [9.17, 15) is 0 Å². The van der Waals surface area contributed by atoms with E-state index in [0.29, 0.717) is 30.9 Å². The first-order valence-electron chi connectivity index (χ1n) is 5.44. The summed E-state index contributed by atoms with van der Waals surface area (Å²) in [5.41, 5.74) is 1.34. The summed E-state index contributed by atoms with van der Waals surface area (Å²) < 4.78 is 0. The summed E-state index contributed by atoms with van der Waals surface area (Å²) in [6.45, 7) is 0. The van der Waals surface area contributed by atoms with Crippen LogP contribution in [0, 0.1) is 0 Å². The molecule has 0 amide bonds. The van der Waals surface area contributed by atoms with Gasteiger partial charge in [0, 0.05) is 10.7 Å². The molecule has 0 fully saturated rings. The Labute approximate surface area is 142 Å². The van der Waals surface area contributed by atoms with Crippen LogP contribution >= 0.6 is 58.6 Å². The van der Waals surface area contributed by atoms with Gasteiger partial charge in [0.1, 0.15) is 0 Å². The molecule has 7 heteroatoms. The highest BCUT2D eigenvalue weighted by Gasteiger charge is 2.07. The van der Waals surface area contributed by atoms with Gasteiger partial charge in [0.05, 0.1) is 20.8 Å². The van der Waals surface area contributed by atoms with Crippen LogP contribution in [0.1, 0.15) is 0 Å². The highest BCUT2D eigenvalue weighted by atomic mass is 35.5. The van der Waals surface area contributed by atoms with E-state index >= 15 is 0 Å². The smallest absolute Gasteiger partial charge is 0.175 e. The summed E-state index contributed by atoms with van der Waals surface area (Å²) in [4.78, 5) is 0. The van der Waals surface area contributed by atoms with Crippen molar-refractivity contribution in [1.82, 2.24) is 0 Å². The van der Waals surface area contributed by atoms with Gasteiger partial charge < -0.3 is 10.6 Å². The molecule has 2 aromatic rings. The Morgan fingerprint density at radius 3 is 2.25 bits per heavy atom. The summed E-state index contributed by atoms with van der Waals surface area (Å²) in [5, 5.41) is 8.13. The second-order valence-electron chi connectivity index (χ2n) is 3.84. The van der Waals surface area contributed by atoms with Crippen molar-refractivity contribution in [3.05, 3.63) is 56.5 Å². The van der Waals surface area contributed by atoms with Gasteiger partial charge in [0.15, 0.2) is 5.11 Å². The molecule has 20 heavy (non-hydrogen) atoms. The second kappa shape index (κ2) is 6.83. The summed E-state index contributed by atoms with van der Waals surface area (Å²) in [7, 11) is 0. The van der Waals surface area contributed by atoms with E-state index in [1.165, 1.54) is 0 Å². The maximum Gasteiger partial charge on any atom is 0.175 e. The zero-order valence-corrected chi connectivity index (χ0v) is 13.7. The van der Waals surface area contributed by atoms with E-state index in [4.69, 9.17) is 58.6 Å². The lowest BCUT2D eigenvalue weighted by Gasteiger charge is -2.12. The van der Waals surface area contributed by atoms with Gasteiger partial charge in [0.25, 0.3) is 0 Å². The number of hydrogen-bond acceptors (Lipinski definition) is 1. The third-order valence-corrected chi connectivity index (χ3v) is 3.81. The second-order valence-corrected chi connectivity index (χ2v) is 5.90. The van der Waals surface area contributed by atoms with Gasteiger partial charge >= 0.3 is 0 Å². The summed E-state index contributed by atoms with van der Waals surface area (Å²) in [6, 6.07) is 10.4. The third-order valence-electron chi connectivity index (χ3n) is 2.34. The molecule has 0 aliphatic carbocycles. The Morgan fingerprint density at radius 2 is 1.55 bits per heavy atom. The van der Waals surface area contributed by atoms with Gasteiger partial charge in [0.2, 0.25) is 0 Å². The van der Waals surface area contributed by atoms with Crippen molar-refractivity contribution >= 4 is 75.1 Å². The van der Waals surface area contributed by atoms with Crippen molar-refractivity contribution in [3.63, 3.8) is 0 Å². The normalized spacial score (nSPS) is 10.2. The Morgan fingerprint density at radius 1 is 0.850 bits per heavy atom. The van der Waals surface area contributed by atoms with Crippen molar-refractivity contribution in [3.8, 4) is 0 Å². The molecule has 0 radical (unpaired) electrons. The number of anilines is 2. The van der Waals surface area contributed by atoms with Gasteiger partial charge in [-0.05, 0) is 42.5 Å². The standard InChI is InChI=1S/C13H8Cl4N2S/c14-7-2-1-3-8(4-7)18-13(20)19-12-6-10(16)9(15)5-11(12)17/h1-6H,(H2,18,19,20). The van der Waals surface area contributed by atoms with E-state index in [-0.39, 0.29) is 0 Å². The predicted octanol–water partition coefficient (Wildman–Crippen LogP) is 6.11. The van der Waals surface area contributed by atoms with E-state index in [0.717, 1.165) is 5.69 Å². The van der Waals surface area contributed by atoms with Crippen LogP contribution in [0.4, 0.5) is 11.4 Å². The molecule has 0 aliphatic heterocycles. The van der Waals surface area contributed by atoms with Crippen LogP contribution < -0.4 is 10.6 Å². The number of benzene rings is 2. The topological polar surface area (TPSA) is 24.1 Å². The number of rotatable bonds is 2. The maximum absolute atomic E-state index is 6.06. The molecule has 0 bridgehead atoms. The van der Waals surface area contributed by atoms with Gasteiger partial charge in [-0.2, -0.15) is 0 Å². The van der Waals surface area contributed by atoms with Crippen molar-refractivity contribution in [2.75, 3.05) is 10.6 Å². The van der Waals surface area contributed by atoms with Crippen molar-refractivity contribution in [1.29, 1.82) is 0 Å². The minimum absolute atomic E-state index is 0.368. The fourth-order valence-electron chi connectivity index (χ4n) is 1.47. The molecule has 0 heterocycles. The summed E-state index contributed by atoms with van der Waals surface area (Å²) >= 11 is 29.0. The zero-order chi connectivity index (χ0) is 14.7. The molecule has 0 saturated carbocycles. The number of thiocarbonyl (C=S) groups is 1. The van der Waals surface area contributed by atoms with Crippen LogP contribution in [0.5, 0.6) is 0 Å². The third kappa shape index (κ3) is 4.14. The SMILES string of the molecule is S=C(Nc1cccc(Cl)c1)Nc1cc(Cl)c(Cl)cc1Cl. The maximum atomic E-state index is 6.06. The molecular weight excluding hydrogens is 358 g/mol. The van der Waals surface area contributed by atoms with Crippen molar-refractivity contribution in [2.24, 2.45) is 0 Å². The average Bonchev–Trinajstić information content (AvgIpc) is 2.36. The lowest BCUT2D eigenvalue weighted by molar-refractivity contribution is 1.59. The highest BCUT2D eigenvalue weighted by Crippen LogP contribution is 2.32. The average molecular weight is 366 g/mol. The molecule has 0 aliphatic rings. The minimum atomic E-state index is 0.368. The van der Waals surface area contributed by atoms with E-state index in [2.05, 4.69) is 10.6 Å². The lowest BCUT2D eigenvalue weighted by atomic mass is 10.3. The van der Waals surface area contributed by atoms with Crippen LogP contribution in [-0.2, 0) is 0 Å². The van der Waals surface area contributed by atoms with Crippen LogP contribution in [-0.4, -0.2) is 5.11 Å². The highest BCUT2D eigenvalue weighted by molar-refractivity contribution is 7.80. The van der Waals surface area contributed by atoms with Gasteiger partial charge in [-0.25, -0.2) is 0 Å². The molecule has 2 rings (SSSR count). The van der Waals surface area contributed by atoms with Gasteiger partial charge in [-0.3, -0.25) is 0 Å². The predicted molar refractivity (Wildman–Crippen MR) is 92.8 cm³/mol. The van der Waals surface area contributed by atoms with Crippen LogP contribution in [0.25, 0.3) is 0 Å². The van der Waals surface area contributed by atoms with Gasteiger partial charge in [-0.15, -0.1) is 0 Å². The van der Waals surface area contributed by atoms with Crippen LogP contribution in [0.15, 0.2) is 36.4 Å². The van der Waals surface area contributed by atoms with Crippen molar-refractivity contribution < 1.29 is 0 Å². The quantitative estimate of drug-likeness (QED) is 0.496. The van der Waals surface area contributed by atoms with E-state index < -0.39 is 0 Å². The molecule has 104 valence electrons. The fourth-order valence-corrected chi connectivity index (χ4v) is 2.48. The molecule has 0 aromatic heterocycles. The number of nitrogens with one attached hydrogen (secondary N) is 2. The molecule has 0 saturated heterocycles. The first-order valence-corrected chi connectivity index (χ1v) is 7.36. The zero-order valence-electron chi connectivity index (χ0n) is 9.88. The van der Waals surface area contributed by atoms with Crippen LogP contribution in [0.3, 0.4) is 0 Å². The van der Waals surface area contributed by atoms with Crippen LogP contribution in [0.2, 0.25) is 20.1 Å². The van der Waals surface area contributed by atoms with Crippen molar-refractivity contribution in [2.45, 2.75) is 0 Å². The minimum Gasteiger partial charge on any atom is -0.332 e. The Bertz CT molecular complexity index is 661. The number of halogens is 4. The molecule has 0 unspecified atom stereocenters. The molecule has 0 atom stereocenters. The molecule has 2 nitrogen and oxygen atoms in total. The monoisotopic (exact) mass is 364 g/mol. The first kappa shape index (κ1) is 15.7. The molecule has 2 N–H and O–H groups in total. The largest absolute Gasteiger partial charge is 0.332 e. The van der Waals surface area contributed by atoms with Gasteiger partial charge in [-0.1, -0.05) is 52.5 Å². The first-order chi connectivity index (χ1) is 9.45. The summed E-state index contributed by atoms with van der Waals surface area (Å²) in [6.07, 6.45) is 0. The number of hydrogen-bond donors (Lipinski definition) is 2. The Hall–Kier alpha value is -0.710. The molecule has 0 spiro atoms. The summed E-state index contributed by atoms with van der Waals surface area (Å²) in [5.74, 6) is 0. The van der Waals surface area contributed by atoms with E-state index in [1.54, 1.807) is 24.3 Å². The van der Waals surface area contributed by atoms with E-state index in [1.807, 2.05) is 12.1 Å². The Kier molecular flexibility index (Phi) is 5.35. The lowest BCUT2D eigenvalue weighted by Crippen LogP contribution is -2.19. The molecular formula is C13H8Cl4N2S. The fraction of sp³-hybridized carbons (Fsp3) is 0.